The summed E-state index contributed by atoms with van der Waals surface area (Å²) in [5, 5.41) is 2.70. The number of carbonyl (C=O) groups excluding carboxylic acids is 1. The molecule has 1 aliphatic rings. The second kappa shape index (κ2) is 7.93. The van der Waals surface area contributed by atoms with Gasteiger partial charge in [-0.3, -0.25) is 9.69 Å². The van der Waals surface area contributed by atoms with Gasteiger partial charge in [-0.1, -0.05) is 41.9 Å². The number of rotatable bonds is 5. The fraction of sp³-hybridized carbons (Fsp3) is 0.316. The van der Waals surface area contributed by atoms with E-state index in [1.165, 1.54) is 0 Å². The quantitative estimate of drug-likeness (QED) is 0.807. The standard InChI is InChI=1S/C19H19ClF2N2O/c20-15-11-17(22)16(21)10-14(15)19(25)23-12-18(24-8-4-5-9-24)13-6-2-1-3-7-13/h1-3,6-7,10-11,18H,4-5,8-9,12H2,(H,23,25). The Balaban J connectivity index is 1.75. The van der Waals surface area contributed by atoms with Crippen molar-refractivity contribution in [1.29, 1.82) is 0 Å². The van der Waals surface area contributed by atoms with Gasteiger partial charge in [0.25, 0.3) is 5.91 Å². The molecule has 3 rings (SSSR count). The largest absolute Gasteiger partial charge is 0.350 e. The van der Waals surface area contributed by atoms with Gasteiger partial charge in [-0.25, -0.2) is 8.78 Å². The van der Waals surface area contributed by atoms with Gasteiger partial charge >= 0.3 is 0 Å². The van der Waals surface area contributed by atoms with Crippen LogP contribution in [0.25, 0.3) is 0 Å². The molecule has 132 valence electrons. The fourth-order valence-corrected chi connectivity index (χ4v) is 3.40. The zero-order valence-corrected chi connectivity index (χ0v) is 14.4. The van der Waals surface area contributed by atoms with Crippen LogP contribution in [0.5, 0.6) is 0 Å². The Morgan fingerprint density at radius 3 is 2.44 bits per heavy atom. The van der Waals surface area contributed by atoms with Gasteiger partial charge < -0.3 is 5.32 Å². The van der Waals surface area contributed by atoms with Crippen LogP contribution in [0.3, 0.4) is 0 Å². The molecule has 1 heterocycles. The summed E-state index contributed by atoms with van der Waals surface area (Å²) in [6.45, 7) is 2.32. The maximum absolute atomic E-state index is 13.4. The number of amides is 1. The van der Waals surface area contributed by atoms with Crippen molar-refractivity contribution >= 4 is 17.5 Å². The van der Waals surface area contributed by atoms with Crippen LogP contribution in [-0.4, -0.2) is 30.4 Å². The minimum atomic E-state index is -1.09. The minimum absolute atomic E-state index is 0.0386. The van der Waals surface area contributed by atoms with Crippen molar-refractivity contribution in [2.24, 2.45) is 0 Å². The monoisotopic (exact) mass is 364 g/mol. The second-order valence-corrected chi connectivity index (χ2v) is 6.53. The molecule has 0 spiro atoms. The van der Waals surface area contributed by atoms with E-state index in [9.17, 15) is 13.6 Å². The molecule has 0 aromatic heterocycles. The molecular weight excluding hydrogens is 346 g/mol. The van der Waals surface area contributed by atoms with Crippen molar-refractivity contribution in [3.05, 3.63) is 70.2 Å². The summed E-state index contributed by atoms with van der Waals surface area (Å²) < 4.78 is 26.6. The summed E-state index contributed by atoms with van der Waals surface area (Å²) in [4.78, 5) is 14.7. The third-order valence-electron chi connectivity index (χ3n) is 4.48. The van der Waals surface area contributed by atoms with E-state index in [0.29, 0.717) is 6.54 Å². The van der Waals surface area contributed by atoms with E-state index in [-0.39, 0.29) is 16.6 Å². The Morgan fingerprint density at radius 2 is 1.76 bits per heavy atom. The molecule has 0 aliphatic carbocycles. The molecule has 2 aromatic rings. The number of benzene rings is 2. The molecule has 1 saturated heterocycles. The normalized spacial score (nSPS) is 16.0. The lowest BCUT2D eigenvalue weighted by Crippen LogP contribution is -2.37. The van der Waals surface area contributed by atoms with Crippen molar-refractivity contribution < 1.29 is 13.6 Å². The third kappa shape index (κ3) is 4.17. The van der Waals surface area contributed by atoms with Crippen LogP contribution >= 0.6 is 11.6 Å². The first-order valence-electron chi connectivity index (χ1n) is 8.28. The number of halogens is 3. The first kappa shape index (κ1) is 17.8. The van der Waals surface area contributed by atoms with Crippen LogP contribution < -0.4 is 5.32 Å². The molecule has 6 heteroatoms. The van der Waals surface area contributed by atoms with Crippen molar-refractivity contribution in [3.63, 3.8) is 0 Å². The molecule has 1 amide bonds. The van der Waals surface area contributed by atoms with Gasteiger partial charge in [0.05, 0.1) is 16.6 Å². The first-order valence-corrected chi connectivity index (χ1v) is 8.66. The third-order valence-corrected chi connectivity index (χ3v) is 4.79. The molecule has 2 aromatic carbocycles. The van der Waals surface area contributed by atoms with Gasteiger partial charge in [0, 0.05) is 6.54 Å². The summed E-state index contributed by atoms with van der Waals surface area (Å²) in [6.07, 6.45) is 2.26. The van der Waals surface area contributed by atoms with Crippen LogP contribution in [0.4, 0.5) is 8.78 Å². The molecule has 1 aliphatic heterocycles. The minimum Gasteiger partial charge on any atom is -0.350 e. The SMILES string of the molecule is O=C(NCC(c1ccccc1)N1CCCC1)c1cc(F)c(F)cc1Cl. The molecule has 0 saturated carbocycles. The Hall–Kier alpha value is -1.98. The Labute approximate surface area is 150 Å². The molecule has 25 heavy (non-hydrogen) atoms. The lowest BCUT2D eigenvalue weighted by Gasteiger charge is -2.28. The smallest absolute Gasteiger partial charge is 0.252 e. The first-order chi connectivity index (χ1) is 12.1. The van der Waals surface area contributed by atoms with E-state index in [4.69, 9.17) is 11.6 Å². The number of nitrogens with zero attached hydrogens (tertiary/aromatic N) is 1. The highest BCUT2D eigenvalue weighted by atomic mass is 35.5. The van der Waals surface area contributed by atoms with Crippen LogP contribution in [-0.2, 0) is 0 Å². The maximum atomic E-state index is 13.4. The highest BCUT2D eigenvalue weighted by Crippen LogP contribution is 2.25. The van der Waals surface area contributed by atoms with Gasteiger partial charge in [-0.15, -0.1) is 0 Å². The Bertz CT molecular complexity index is 749. The van der Waals surface area contributed by atoms with Crippen molar-refractivity contribution in [2.75, 3.05) is 19.6 Å². The number of likely N-dealkylation sites (tertiary alicyclic amines) is 1. The summed E-state index contributed by atoms with van der Waals surface area (Å²) in [5.74, 6) is -2.67. The number of nitrogens with one attached hydrogen (secondary N) is 1. The lowest BCUT2D eigenvalue weighted by atomic mass is 10.1. The molecule has 0 radical (unpaired) electrons. The van der Waals surface area contributed by atoms with Crippen molar-refractivity contribution in [1.82, 2.24) is 10.2 Å². The molecule has 0 bridgehead atoms. The molecule has 1 fully saturated rings. The number of carbonyl (C=O) groups is 1. The molecule has 1 N–H and O–H groups in total. The summed E-state index contributed by atoms with van der Waals surface area (Å²) >= 11 is 5.88. The average Bonchev–Trinajstić information content (AvgIpc) is 3.13. The lowest BCUT2D eigenvalue weighted by molar-refractivity contribution is 0.0937. The summed E-state index contributed by atoms with van der Waals surface area (Å²) in [6, 6.07) is 11.6. The van der Waals surface area contributed by atoms with E-state index < -0.39 is 17.5 Å². The van der Waals surface area contributed by atoms with Gasteiger partial charge in [-0.05, 0) is 43.6 Å². The summed E-state index contributed by atoms with van der Waals surface area (Å²) in [7, 11) is 0. The summed E-state index contributed by atoms with van der Waals surface area (Å²) in [5.41, 5.74) is 1.05. The van der Waals surface area contributed by atoms with E-state index in [0.717, 1.165) is 43.6 Å². The predicted octanol–water partition coefficient (Wildman–Crippen LogP) is 4.19. The highest BCUT2D eigenvalue weighted by Gasteiger charge is 2.24. The van der Waals surface area contributed by atoms with E-state index in [1.807, 2.05) is 30.3 Å². The van der Waals surface area contributed by atoms with E-state index >= 15 is 0 Å². The number of hydrogen-bond donors (Lipinski definition) is 1. The molecule has 1 atom stereocenters. The zero-order chi connectivity index (χ0) is 17.8. The van der Waals surface area contributed by atoms with Crippen molar-refractivity contribution in [3.8, 4) is 0 Å². The second-order valence-electron chi connectivity index (χ2n) is 6.13. The van der Waals surface area contributed by atoms with Gasteiger partial charge in [-0.2, -0.15) is 0 Å². The molecular formula is C19H19ClF2N2O. The van der Waals surface area contributed by atoms with Crippen LogP contribution in [0.15, 0.2) is 42.5 Å². The topological polar surface area (TPSA) is 32.3 Å². The van der Waals surface area contributed by atoms with E-state index in [1.54, 1.807) is 0 Å². The molecule has 3 nitrogen and oxygen atoms in total. The van der Waals surface area contributed by atoms with Gasteiger partial charge in [0.1, 0.15) is 0 Å². The zero-order valence-electron chi connectivity index (χ0n) is 13.6. The Kier molecular flexibility index (Phi) is 5.66. The van der Waals surface area contributed by atoms with Crippen LogP contribution in [0, 0.1) is 11.6 Å². The van der Waals surface area contributed by atoms with E-state index in [2.05, 4.69) is 10.2 Å². The highest BCUT2D eigenvalue weighted by molar-refractivity contribution is 6.33. The predicted molar refractivity (Wildman–Crippen MR) is 93.7 cm³/mol. The van der Waals surface area contributed by atoms with Crippen LogP contribution in [0.1, 0.15) is 34.8 Å². The van der Waals surface area contributed by atoms with Crippen molar-refractivity contribution in [2.45, 2.75) is 18.9 Å². The number of hydrogen-bond acceptors (Lipinski definition) is 2. The van der Waals surface area contributed by atoms with Gasteiger partial charge in [0.15, 0.2) is 11.6 Å². The maximum Gasteiger partial charge on any atom is 0.252 e. The van der Waals surface area contributed by atoms with Crippen LogP contribution in [0.2, 0.25) is 5.02 Å². The fourth-order valence-electron chi connectivity index (χ4n) is 3.17. The molecule has 1 unspecified atom stereocenters. The van der Waals surface area contributed by atoms with Gasteiger partial charge in [0.2, 0.25) is 0 Å². The average molecular weight is 365 g/mol. The Morgan fingerprint density at radius 1 is 1.12 bits per heavy atom.